The number of nitrogens with zero attached hydrogens (tertiary/aromatic N) is 2. The first-order valence-electron chi connectivity index (χ1n) is 6.14. The van der Waals surface area contributed by atoms with Crippen LogP contribution >= 0.6 is 11.6 Å². The van der Waals surface area contributed by atoms with Crippen molar-refractivity contribution in [1.82, 2.24) is 9.97 Å². The second-order valence-electron chi connectivity index (χ2n) is 4.60. The van der Waals surface area contributed by atoms with Crippen LogP contribution in [0.5, 0.6) is 5.75 Å². The maximum atomic E-state index is 12.7. The third-order valence-electron chi connectivity index (χ3n) is 2.51. The summed E-state index contributed by atoms with van der Waals surface area (Å²) in [5, 5.41) is -0.442. The molecule has 0 aliphatic rings. The van der Waals surface area contributed by atoms with Crippen LogP contribution in [-0.4, -0.2) is 16.1 Å². The van der Waals surface area contributed by atoms with Crippen LogP contribution in [0, 0.1) is 0 Å². The molecule has 7 heteroatoms. The van der Waals surface area contributed by atoms with Gasteiger partial charge in [-0.3, -0.25) is 0 Å². The maximum Gasteiger partial charge on any atom is 0.433 e. The van der Waals surface area contributed by atoms with Crippen molar-refractivity contribution in [2.75, 3.05) is 0 Å². The van der Waals surface area contributed by atoms with Crippen LogP contribution in [-0.2, 0) is 6.18 Å². The fourth-order valence-electron chi connectivity index (χ4n) is 1.69. The topological polar surface area (TPSA) is 35.0 Å². The fraction of sp³-hybridized carbons (Fsp3) is 0.286. The third kappa shape index (κ3) is 4.07. The van der Waals surface area contributed by atoms with Gasteiger partial charge in [0.05, 0.1) is 11.8 Å². The molecule has 112 valence electrons. The number of rotatable bonds is 3. The second kappa shape index (κ2) is 5.89. The molecule has 0 atom stereocenters. The van der Waals surface area contributed by atoms with Gasteiger partial charge < -0.3 is 4.74 Å². The van der Waals surface area contributed by atoms with Crippen LogP contribution in [0.2, 0.25) is 5.28 Å². The zero-order chi connectivity index (χ0) is 15.6. The standard InChI is InChI=1S/C14H12ClF3N2O/c1-8(2)21-10-5-3-9(4-6-10)11-7-12(14(16,17)18)20-13(15)19-11/h3-8H,1-2H3. The van der Waals surface area contributed by atoms with Gasteiger partial charge in [0.2, 0.25) is 5.28 Å². The van der Waals surface area contributed by atoms with Gasteiger partial charge in [-0.05, 0) is 55.8 Å². The van der Waals surface area contributed by atoms with E-state index >= 15 is 0 Å². The monoisotopic (exact) mass is 316 g/mol. The highest BCUT2D eigenvalue weighted by atomic mass is 35.5. The van der Waals surface area contributed by atoms with Gasteiger partial charge >= 0.3 is 6.18 Å². The van der Waals surface area contributed by atoms with Crippen LogP contribution in [0.3, 0.4) is 0 Å². The van der Waals surface area contributed by atoms with Gasteiger partial charge in [0, 0.05) is 5.56 Å². The van der Waals surface area contributed by atoms with Crippen molar-refractivity contribution in [1.29, 1.82) is 0 Å². The van der Waals surface area contributed by atoms with Gasteiger partial charge in [-0.15, -0.1) is 0 Å². The molecule has 1 heterocycles. The molecule has 2 rings (SSSR count). The van der Waals surface area contributed by atoms with Crippen molar-refractivity contribution >= 4 is 11.6 Å². The Morgan fingerprint density at radius 2 is 1.71 bits per heavy atom. The molecule has 0 N–H and O–H groups in total. The Hall–Kier alpha value is -1.82. The Morgan fingerprint density at radius 3 is 2.24 bits per heavy atom. The van der Waals surface area contributed by atoms with Crippen LogP contribution in [0.4, 0.5) is 13.2 Å². The lowest BCUT2D eigenvalue weighted by atomic mass is 10.1. The average molecular weight is 317 g/mol. The summed E-state index contributed by atoms with van der Waals surface area (Å²) < 4.78 is 43.6. The summed E-state index contributed by atoms with van der Waals surface area (Å²) in [4.78, 5) is 7.01. The predicted molar refractivity (Wildman–Crippen MR) is 73.2 cm³/mol. The number of aromatic nitrogens is 2. The van der Waals surface area contributed by atoms with E-state index in [9.17, 15) is 13.2 Å². The molecule has 0 aliphatic heterocycles. The highest BCUT2D eigenvalue weighted by Gasteiger charge is 2.33. The summed E-state index contributed by atoms with van der Waals surface area (Å²) in [6.07, 6.45) is -4.55. The number of alkyl halides is 3. The molecule has 0 saturated carbocycles. The lowest BCUT2D eigenvalue weighted by Crippen LogP contribution is -2.09. The van der Waals surface area contributed by atoms with Crippen molar-refractivity contribution in [2.45, 2.75) is 26.1 Å². The second-order valence-corrected chi connectivity index (χ2v) is 4.93. The number of ether oxygens (including phenoxy) is 1. The highest BCUT2D eigenvalue weighted by Crippen LogP contribution is 2.31. The molecule has 3 nitrogen and oxygen atoms in total. The lowest BCUT2D eigenvalue weighted by molar-refractivity contribution is -0.141. The third-order valence-corrected chi connectivity index (χ3v) is 2.68. The van der Waals surface area contributed by atoms with E-state index in [1.807, 2.05) is 13.8 Å². The molecule has 1 aromatic heterocycles. The molecule has 0 spiro atoms. The first-order chi connectivity index (χ1) is 9.75. The van der Waals surface area contributed by atoms with Crippen LogP contribution < -0.4 is 4.74 Å². The lowest BCUT2D eigenvalue weighted by Gasteiger charge is -2.11. The van der Waals surface area contributed by atoms with E-state index in [1.165, 1.54) is 0 Å². The molecular weight excluding hydrogens is 305 g/mol. The van der Waals surface area contributed by atoms with E-state index < -0.39 is 17.2 Å². The van der Waals surface area contributed by atoms with Crippen molar-refractivity contribution in [3.8, 4) is 17.0 Å². The van der Waals surface area contributed by atoms with Gasteiger partial charge in [0.1, 0.15) is 11.4 Å². The van der Waals surface area contributed by atoms with E-state index in [4.69, 9.17) is 16.3 Å². The van der Waals surface area contributed by atoms with Crippen LogP contribution in [0.25, 0.3) is 11.3 Å². The van der Waals surface area contributed by atoms with Gasteiger partial charge in [-0.1, -0.05) is 0 Å². The highest BCUT2D eigenvalue weighted by molar-refractivity contribution is 6.28. The quantitative estimate of drug-likeness (QED) is 0.776. The molecule has 0 unspecified atom stereocenters. The van der Waals surface area contributed by atoms with Crippen molar-refractivity contribution in [3.05, 3.63) is 41.3 Å². The minimum atomic E-state index is -4.57. The predicted octanol–water partition coefficient (Wildman–Crippen LogP) is 4.60. The zero-order valence-electron chi connectivity index (χ0n) is 11.3. The smallest absolute Gasteiger partial charge is 0.433 e. The van der Waals surface area contributed by atoms with Gasteiger partial charge in [-0.25, -0.2) is 9.97 Å². The summed E-state index contributed by atoms with van der Waals surface area (Å²) in [7, 11) is 0. The van der Waals surface area contributed by atoms with E-state index in [1.54, 1.807) is 24.3 Å². The molecular formula is C14H12ClF3N2O. The van der Waals surface area contributed by atoms with Crippen LogP contribution in [0.15, 0.2) is 30.3 Å². The first kappa shape index (κ1) is 15.6. The van der Waals surface area contributed by atoms with Crippen molar-refractivity contribution in [2.24, 2.45) is 0 Å². The first-order valence-corrected chi connectivity index (χ1v) is 6.52. The minimum absolute atomic E-state index is 0.0150. The summed E-state index contributed by atoms with van der Waals surface area (Å²) >= 11 is 5.56. The van der Waals surface area contributed by atoms with Crippen molar-refractivity contribution < 1.29 is 17.9 Å². The molecule has 2 aromatic rings. The zero-order valence-corrected chi connectivity index (χ0v) is 12.0. The number of halogens is 4. The van der Waals surface area contributed by atoms with Crippen molar-refractivity contribution in [3.63, 3.8) is 0 Å². The van der Waals surface area contributed by atoms with E-state index in [-0.39, 0.29) is 11.8 Å². The van der Waals surface area contributed by atoms with E-state index in [0.29, 0.717) is 11.3 Å². The number of hydrogen-bond donors (Lipinski definition) is 0. The van der Waals surface area contributed by atoms with E-state index in [2.05, 4.69) is 9.97 Å². The number of benzene rings is 1. The summed E-state index contributed by atoms with van der Waals surface area (Å²) in [6.45, 7) is 3.77. The largest absolute Gasteiger partial charge is 0.491 e. The van der Waals surface area contributed by atoms with Gasteiger partial charge in [0.25, 0.3) is 0 Å². The average Bonchev–Trinajstić information content (AvgIpc) is 2.37. The van der Waals surface area contributed by atoms with Gasteiger partial charge in [-0.2, -0.15) is 13.2 Å². The van der Waals surface area contributed by atoms with Gasteiger partial charge in [0.15, 0.2) is 0 Å². The van der Waals surface area contributed by atoms with Crippen LogP contribution in [0.1, 0.15) is 19.5 Å². The SMILES string of the molecule is CC(C)Oc1ccc(-c2cc(C(F)(F)F)nc(Cl)n2)cc1. The molecule has 0 fully saturated rings. The van der Waals surface area contributed by atoms with E-state index in [0.717, 1.165) is 6.07 Å². The molecule has 21 heavy (non-hydrogen) atoms. The summed E-state index contributed by atoms with van der Waals surface area (Å²) in [6, 6.07) is 7.44. The molecule has 0 radical (unpaired) electrons. The molecule has 0 aliphatic carbocycles. The summed E-state index contributed by atoms with van der Waals surface area (Å²) in [5.41, 5.74) is -0.459. The molecule has 0 bridgehead atoms. The normalized spacial score (nSPS) is 11.8. The minimum Gasteiger partial charge on any atom is -0.491 e. The maximum absolute atomic E-state index is 12.7. The Bertz CT molecular complexity index is 627. The fourth-order valence-corrected chi connectivity index (χ4v) is 1.87. The Morgan fingerprint density at radius 1 is 1.10 bits per heavy atom. The molecule has 1 aromatic carbocycles. The Labute approximate surface area is 124 Å². The molecule has 0 saturated heterocycles. The summed E-state index contributed by atoms with van der Waals surface area (Å²) in [5.74, 6) is 0.630. The Kier molecular flexibility index (Phi) is 4.37. The number of hydrogen-bond acceptors (Lipinski definition) is 3. The molecule has 0 amide bonds. The Balaban J connectivity index is 2.35.